The van der Waals surface area contributed by atoms with Crippen LogP contribution in [0.2, 0.25) is 0 Å². The molecule has 0 aliphatic carbocycles. The first-order valence-electron chi connectivity index (χ1n) is 7.79. The highest BCUT2D eigenvalue weighted by molar-refractivity contribution is 7.92. The first-order chi connectivity index (χ1) is 10.6. The average Bonchev–Trinajstić information content (AvgIpc) is 2.46. The van der Waals surface area contributed by atoms with Gasteiger partial charge in [0.2, 0.25) is 0 Å². The molecule has 23 heavy (non-hydrogen) atoms. The van der Waals surface area contributed by atoms with Gasteiger partial charge in [-0.3, -0.25) is 9.57 Å². The predicted octanol–water partition coefficient (Wildman–Crippen LogP) is 2.77. The Morgan fingerprint density at radius 1 is 1.39 bits per heavy atom. The molecule has 0 aromatic heterocycles. The van der Waals surface area contributed by atoms with Gasteiger partial charge in [0.1, 0.15) is 6.04 Å². The zero-order valence-electron chi connectivity index (χ0n) is 14.4. The highest BCUT2D eigenvalue weighted by Crippen LogP contribution is 2.28. The molecule has 0 heterocycles. The first-order valence-corrected chi connectivity index (χ1v) is 9.68. The van der Waals surface area contributed by atoms with E-state index in [1.54, 1.807) is 7.05 Å². The van der Waals surface area contributed by atoms with Crippen LogP contribution in [0.4, 0.5) is 0 Å². The summed E-state index contributed by atoms with van der Waals surface area (Å²) in [6.07, 6.45) is 0.842. The van der Waals surface area contributed by atoms with Gasteiger partial charge in [-0.2, -0.15) is 0 Å². The highest BCUT2D eigenvalue weighted by atomic mass is 32.2. The van der Waals surface area contributed by atoms with Crippen LogP contribution in [0.15, 0.2) is 24.3 Å². The number of likely N-dealkylation sites (N-methyl/N-ethyl adjacent to an activating group) is 1. The van der Waals surface area contributed by atoms with Crippen molar-refractivity contribution >= 4 is 15.7 Å². The number of carbonyl (C=O) groups is 1. The van der Waals surface area contributed by atoms with Crippen molar-refractivity contribution in [2.75, 3.05) is 18.6 Å². The fourth-order valence-electron chi connectivity index (χ4n) is 2.43. The predicted molar refractivity (Wildman–Crippen MR) is 94.5 cm³/mol. The molecule has 0 radical (unpaired) electrons. The van der Waals surface area contributed by atoms with Crippen molar-refractivity contribution in [2.45, 2.75) is 45.1 Å². The number of benzene rings is 1. The van der Waals surface area contributed by atoms with E-state index in [1.165, 1.54) is 11.1 Å². The first kappa shape index (κ1) is 19.6. The fourth-order valence-corrected chi connectivity index (χ4v) is 4.09. The van der Waals surface area contributed by atoms with Crippen LogP contribution in [-0.4, -0.2) is 39.9 Å². The van der Waals surface area contributed by atoms with E-state index in [-0.39, 0.29) is 23.3 Å². The third kappa shape index (κ3) is 6.31. The van der Waals surface area contributed by atoms with Crippen molar-refractivity contribution in [2.24, 2.45) is 0 Å². The van der Waals surface area contributed by atoms with E-state index in [9.17, 15) is 9.00 Å². The number of carboxylic acid groups (broad SMARTS) is 1. The van der Waals surface area contributed by atoms with Crippen LogP contribution >= 0.6 is 0 Å². The second-order valence-corrected chi connectivity index (χ2v) is 9.13. The lowest BCUT2D eigenvalue weighted by Gasteiger charge is -2.26. The van der Waals surface area contributed by atoms with E-state index in [2.05, 4.69) is 31.3 Å². The smallest absolute Gasteiger partial charge is 0.320 e. The van der Waals surface area contributed by atoms with Crippen molar-refractivity contribution in [1.82, 2.24) is 5.32 Å². The molecule has 0 amide bonds. The van der Waals surface area contributed by atoms with E-state index >= 15 is 0 Å². The number of hydrogen-bond donors (Lipinski definition) is 3. The number of aliphatic carboxylic acids is 1. The summed E-state index contributed by atoms with van der Waals surface area (Å²) in [7, 11) is -1.21. The van der Waals surface area contributed by atoms with Crippen LogP contribution in [0.1, 0.15) is 37.8 Å². The Kier molecular flexibility index (Phi) is 6.77. The van der Waals surface area contributed by atoms with Crippen LogP contribution in [-0.2, 0) is 19.9 Å². The number of hydrogen-bond acceptors (Lipinski definition) is 4. The number of nitrogens with one attached hydrogen (secondary N) is 2. The Balaban J connectivity index is 2.66. The van der Waals surface area contributed by atoms with Gasteiger partial charge in [0, 0.05) is 21.2 Å². The van der Waals surface area contributed by atoms with Gasteiger partial charge >= 0.3 is 5.97 Å². The van der Waals surface area contributed by atoms with Gasteiger partial charge < -0.3 is 10.4 Å². The molecule has 1 aromatic rings. The molecule has 5 nitrogen and oxygen atoms in total. The monoisotopic (exact) mass is 340 g/mol. The Labute approximate surface area is 139 Å². The van der Waals surface area contributed by atoms with Gasteiger partial charge in [0.25, 0.3) is 0 Å². The van der Waals surface area contributed by atoms with Crippen LogP contribution in [0.3, 0.4) is 0 Å². The summed E-state index contributed by atoms with van der Waals surface area (Å²) >= 11 is 0. The minimum absolute atomic E-state index is 0.106. The average molecular weight is 340 g/mol. The number of rotatable bonds is 9. The maximum Gasteiger partial charge on any atom is 0.320 e. The summed E-state index contributed by atoms with van der Waals surface area (Å²) in [5, 5.41) is 11.7. The largest absolute Gasteiger partial charge is 0.480 e. The second kappa shape index (κ2) is 7.93. The topological polar surface area (TPSA) is 90.3 Å². The van der Waals surface area contributed by atoms with E-state index in [0.717, 1.165) is 0 Å². The Morgan fingerprint density at radius 3 is 2.57 bits per heavy atom. The summed E-state index contributed by atoms with van der Waals surface area (Å²) in [5.41, 5.74) is 2.19. The van der Waals surface area contributed by atoms with Gasteiger partial charge in [-0.15, -0.1) is 0 Å². The third-order valence-corrected chi connectivity index (χ3v) is 6.00. The summed E-state index contributed by atoms with van der Waals surface area (Å²) < 4.78 is 20.4. The van der Waals surface area contributed by atoms with Crippen molar-refractivity contribution in [1.29, 1.82) is 4.78 Å². The summed E-state index contributed by atoms with van der Waals surface area (Å²) in [4.78, 5) is 11.0. The molecule has 6 heteroatoms. The molecule has 0 bridgehead atoms. The molecule has 1 rings (SSSR count). The molecule has 0 saturated heterocycles. The molecule has 3 N–H and O–H groups in total. The zero-order valence-corrected chi connectivity index (χ0v) is 15.2. The minimum Gasteiger partial charge on any atom is -0.480 e. The van der Waals surface area contributed by atoms with Gasteiger partial charge in [0.15, 0.2) is 0 Å². The minimum atomic E-state index is -2.77. The summed E-state index contributed by atoms with van der Waals surface area (Å²) in [6, 6.07) is 7.48. The van der Waals surface area contributed by atoms with Crippen LogP contribution in [0.5, 0.6) is 0 Å². The van der Waals surface area contributed by atoms with Gasteiger partial charge in [0.05, 0.1) is 0 Å². The Bertz CT molecular complexity index is 639. The Morgan fingerprint density at radius 2 is 2.04 bits per heavy atom. The quantitative estimate of drug-likeness (QED) is 0.645. The van der Waals surface area contributed by atoms with Gasteiger partial charge in [-0.1, -0.05) is 43.7 Å². The van der Waals surface area contributed by atoms with Crippen LogP contribution in [0, 0.1) is 11.7 Å². The molecule has 130 valence electrons. The van der Waals surface area contributed by atoms with E-state index < -0.39 is 21.7 Å². The molecule has 0 spiro atoms. The molecule has 1 aromatic carbocycles. The van der Waals surface area contributed by atoms with Crippen molar-refractivity contribution in [3.05, 3.63) is 35.4 Å². The lowest BCUT2D eigenvalue weighted by Crippen LogP contribution is -2.35. The summed E-state index contributed by atoms with van der Waals surface area (Å²) in [6.45, 7) is 6.22. The maximum atomic E-state index is 12.4. The van der Waals surface area contributed by atoms with Gasteiger partial charge in [-0.05, 0) is 37.8 Å². The van der Waals surface area contributed by atoms with Crippen molar-refractivity contribution in [3.8, 4) is 0 Å². The molecular weight excluding hydrogens is 312 g/mol. The molecule has 0 saturated carbocycles. The fraction of sp³-hybridized carbons (Fsp3) is 0.588. The normalized spacial score (nSPS) is 15.8. The van der Waals surface area contributed by atoms with Crippen LogP contribution < -0.4 is 5.32 Å². The summed E-state index contributed by atoms with van der Waals surface area (Å²) in [5.74, 6) is -0.582. The molecule has 0 aliphatic rings. The number of carboxylic acids is 1. The zero-order chi connectivity index (χ0) is 17.7. The lowest BCUT2D eigenvalue weighted by molar-refractivity contribution is -0.139. The molecule has 1 unspecified atom stereocenters. The van der Waals surface area contributed by atoms with E-state index in [1.807, 2.05) is 19.1 Å². The Hall–Kier alpha value is -1.40. The van der Waals surface area contributed by atoms with E-state index in [4.69, 9.17) is 9.89 Å². The van der Waals surface area contributed by atoms with Crippen molar-refractivity contribution < 1.29 is 14.1 Å². The highest BCUT2D eigenvalue weighted by Gasteiger charge is 2.24. The van der Waals surface area contributed by atoms with Crippen LogP contribution in [0.25, 0.3) is 0 Å². The third-order valence-electron chi connectivity index (χ3n) is 4.24. The van der Waals surface area contributed by atoms with Gasteiger partial charge in [-0.25, -0.2) is 4.21 Å². The molecule has 0 aliphatic heterocycles. The SMILES string of the molecule is CN[C@@H](CCS(=N)(=O)CCC(C)(C)c1cccc(C)c1)C(=O)O. The standard InChI is InChI=1S/C17H28N2O3S/c1-13-6-5-7-14(12-13)17(2,3)9-11-23(18,22)10-8-15(19-4)16(20)21/h5-7,12,15,18-19H,8-11H2,1-4H3,(H,20,21)/t15-,23?/m0/s1. The lowest BCUT2D eigenvalue weighted by atomic mass is 9.82. The second-order valence-electron chi connectivity index (χ2n) is 6.69. The molecule has 0 fully saturated rings. The molecular formula is C17H28N2O3S. The molecule has 2 atom stereocenters. The maximum absolute atomic E-state index is 12.4. The van der Waals surface area contributed by atoms with Crippen molar-refractivity contribution in [3.63, 3.8) is 0 Å². The number of aryl methyl sites for hydroxylation is 1. The van der Waals surface area contributed by atoms with E-state index in [0.29, 0.717) is 6.42 Å².